The van der Waals surface area contributed by atoms with Gasteiger partial charge in [0.1, 0.15) is 42.7 Å². The predicted molar refractivity (Wildman–Crippen MR) is 156 cm³/mol. The van der Waals surface area contributed by atoms with Crippen molar-refractivity contribution in [2.45, 2.75) is 114 Å². The largest absolute Gasteiger partial charge is 0.472 e. The van der Waals surface area contributed by atoms with E-state index in [1.54, 1.807) is 0 Å². The van der Waals surface area contributed by atoms with Crippen molar-refractivity contribution in [3.63, 3.8) is 0 Å². The second-order valence-electron chi connectivity index (χ2n) is 10.1. The third-order valence-corrected chi connectivity index (χ3v) is 7.45. The summed E-state index contributed by atoms with van der Waals surface area (Å²) in [5.41, 5.74) is 0. The molecule has 242 valence electrons. The van der Waals surface area contributed by atoms with Crippen molar-refractivity contribution in [1.29, 1.82) is 0 Å². The Bertz CT molecular complexity index is 889. The number of hydrogen-bond donors (Lipinski definition) is 7. The highest BCUT2D eigenvalue weighted by Gasteiger charge is 2.51. The Kier molecular flexibility index (Phi) is 20.0. The van der Waals surface area contributed by atoms with Crippen molar-refractivity contribution in [3.05, 3.63) is 48.6 Å². The normalized spacial score (nSPS) is 27.3. The first-order valence-corrected chi connectivity index (χ1v) is 16.0. The summed E-state index contributed by atoms with van der Waals surface area (Å²) in [5.74, 6) is -0.652. The number of aliphatic hydroxyl groups excluding tert-OH is 6. The van der Waals surface area contributed by atoms with Crippen molar-refractivity contribution in [2.75, 3.05) is 13.2 Å². The number of hydrogen-bond acceptors (Lipinski definition) is 11. The molecule has 1 rings (SSSR count). The van der Waals surface area contributed by atoms with Gasteiger partial charge in [0.15, 0.2) is 0 Å². The molecular weight excluding hydrogens is 571 g/mol. The van der Waals surface area contributed by atoms with Crippen LogP contribution in [0.3, 0.4) is 0 Å². The maximum atomic E-state index is 12.2. The van der Waals surface area contributed by atoms with E-state index in [4.69, 9.17) is 9.26 Å². The van der Waals surface area contributed by atoms with E-state index in [0.29, 0.717) is 12.8 Å². The summed E-state index contributed by atoms with van der Waals surface area (Å²) in [5, 5.41) is 58.3. The Balaban J connectivity index is 2.25. The zero-order chi connectivity index (χ0) is 31.4. The Labute approximate surface area is 248 Å². The van der Waals surface area contributed by atoms with Crippen molar-refractivity contribution in [2.24, 2.45) is 0 Å². The fourth-order valence-electron chi connectivity index (χ4n) is 3.98. The Morgan fingerprint density at radius 2 is 1.24 bits per heavy atom. The van der Waals surface area contributed by atoms with Crippen molar-refractivity contribution in [1.82, 2.24) is 0 Å². The summed E-state index contributed by atoms with van der Waals surface area (Å²) in [7, 11) is -5.02. The summed E-state index contributed by atoms with van der Waals surface area (Å²) in [6.45, 7) is 0.728. The molecule has 42 heavy (non-hydrogen) atoms. The predicted octanol–water partition coefficient (Wildman–Crippen LogP) is 2.36. The zero-order valence-corrected chi connectivity index (χ0v) is 25.2. The molecule has 1 saturated carbocycles. The third-order valence-electron chi connectivity index (χ3n) is 6.46. The van der Waals surface area contributed by atoms with E-state index in [9.17, 15) is 44.9 Å². The molecule has 0 aromatic rings. The molecule has 0 heterocycles. The number of carbonyl (C=O) groups is 1. The SMILES string of the molecule is CCCCC/C=C\C/C=C\C/C=C\C/C=C\CCCC(=O)O[C@H](CO)COP(=O)(O)OC1[C@@H](O)[C@H](O)C(O)[C@H](O)[C@@H]1O. The Morgan fingerprint density at radius 1 is 0.762 bits per heavy atom. The molecular formula is C29H49O12P. The molecule has 0 aromatic carbocycles. The van der Waals surface area contributed by atoms with Crippen molar-refractivity contribution in [3.8, 4) is 0 Å². The van der Waals surface area contributed by atoms with Gasteiger partial charge in [-0.05, 0) is 44.9 Å². The zero-order valence-electron chi connectivity index (χ0n) is 24.3. The molecule has 13 heteroatoms. The highest BCUT2D eigenvalue weighted by atomic mass is 31.2. The summed E-state index contributed by atoms with van der Waals surface area (Å²) in [4.78, 5) is 22.0. The third kappa shape index (κ3) is 15.7. The number of ether oxygens (including phenoxy) is 1. The lowest BCUT2D eigenvalue weighted by molar-refractivity contribution is -0.220. The maximum Gasteiger partial charge on any atom is 0.472 e. The maximum absolute atomic E-state index is 12.2. The number of unbranched alkanes of at least 4 members (excludes halogenated alkanes) is 4. The average Bonchev–Trinajstić information content (AvgIpc) is 2.97. The molecule has 0 amide bonds. The van der Waals surface area contributed by atoms with E-state index in [1.165, 1.54) is 19.3 Å². The van der Waals surface area contributed by atoms with Crippen LogP contribution in [0.2, 0.25) is 0 Å². The summed E-state index contributed by atoms with van der Waals surface area (Å²) in [6.07, 6.45) is 12.4. The minimum absolute atomic E-state index is 0.0420. The molecule has 12 nitrogen and oxygen atoms in total. The monoisotopic (exact) mass is 620 g/mol. The van der Waals surface area contributed by atoms with E-state index in [1.807, 2.05) is 12.2 Å². The first-order valence-electron chi connectivity index (χ1n) is 14.5. The number of aliphatic hydroxyl groups is 6. The molecule has 8 atom stereocenters. The molecule has 0 radical (unpaired) electrons. The van der Waals surface area contributed by atoms with Crippen molar-refractivity contribution >= 4 is 13.8 Å². The van der Waals surface area contributed by atoms with E-state index in [-0.39, 0.29) is 6.42 Å². The number of allylic oxidation sites excluding steroid dienone is 8. The highest BCUT2D eigenvalue weighted by Crippen LogP contribution is 2.47. The van der Waals surface area contributed by atoms with Crippen LogP contribution >= 0.6 is 7.82 Å². The second kappa shape index (κ2) is 21.9. The van der Waals surface area contributed by atoms with E-state index < -0.39 is 69.7 Å². The fourth-order valence-corrected chi connectivity index (χ4v) is 4.95. The number of esters is 1. The lowest BCUT2D eigenvalue weighted by Gasteiger charge is -2.41. The van der Waals surface area contributed by atoms with Gasteiger partial charge in [0.2, 0.25) is 0 Å². The first kappa shape index (κ1) is 38.3. The second-order valence-corrected chi connectivity index (χ2v) is 11.5. The number of phosphoric acid groups is 1. The van der Waals surface area contributed by atoms with E-state index in [0.717, 1.165) is 25.7 Å². The van der Waals surface area contributed by atoms with Gasteiger partial charge in [-0.25, -0.2) is 4.57 Å². The molecule has 1 fully saturated rings. The van der Waals surface area contributed by atoms with Gasteiger partial charge < -0.3 is 40.3 Å². The molecule has 0 saturated heterocycles. The van der Waals surface area contributed by atoms with Crippen LogP contribution in [0.4, 0.5) is 0 Å². The van der Waals surface area contributed by atoms with E-state index >= 15 is 0 Å². The molecule has 0 aliphatic heterocycles. The first-order chi connectivity index (χ1) is 20.0. The minimum atomic E-state index is -5.02. The Hall–Kier alpha value is -1.70. The van der Waals surface area contributed by atoms with Gasteiger partial charge in [0.05, 0.1) is 13.2 Å². The van der Waals surface area contributed by atoms with Crippen LogP contribution in [0, 0.1) is 0 Å². The van der Waals surface area contributed by atoms with Gasteiger partial charge in [-0.15, -0.1) is 0 Å². The van der Waals surface area contributed by atoms with Crippen molar-refractivity contribution < 1.29 is 58.7 Å². The summed E-state index contributed by atoms with van der Waals surface area (Å²) in [6, 6.07) is 0. The van der Waals surface area contributed by atoms with Gasteiger partial charge in [0, 0.05) is 6.42 Å². The quantitative estimate of drug-likeness (QED) is 0.0428. The van der Waals surface area contributed by atoms with Crippen LogP contribution in [0.1, 0.15) is 71.1 Å². The lowest BCUT2D eigenvalue weighted by atomic mass is 9.85. The molecule has 3 unspecified atom stereocenters. The number of carbonyl (C=O) groups excluding carboxylic acids is 1. The molecule has 0 aromatic heterocycles. The molecule has 1 aliphatic carbocycles. The molecule has 7 N–H and O–H groups in total. The molecule has 0 spiro atoms. The fraction of sp³-hybridized carbons (Fsp3) is 0.690. The number of rotatable bonds is 21. The topological polar surface area (TPSA) is 203 Å². The van der Waals surface area contributed by atoms with Gasteiger partial charge in [-0.2, -0.15) is 0 Å². The lowest BCUT2D eigenvalue weighted by Crippen LogP contribution is -2.64. The van der Waals surface area contributed by atoms with Gasteiger partial charge in [-0.3, -0.25) is 13.8 Å². The molecule has 1 aliphatic rings. The standard InChI is InChI=1S/C29H49O12P/c1-2-3-4-5-6-7-8-9-10-11-12-13-14-15-16-17-18-19-23(31)40-22(20-30)21-39-42(37,38)41-29-27(35)25(33)24(32)26(34)28(29)36/h6-7,9-10,12-13,15-16,22,24-30,32-36H,2-5,8,11,14,17-21H2,1H3,(H,37,38)/b7-6-,10-9-,13-12-,16-15-/t22-,24?,25-,26+,27+,28+,29?/m1/s1. The van der Waals surface area contributed by atoms with Crippen LogP contribution in [-0.2, 0) is 23.1 Å². The molecule has 0 bridgehead atoms. The Morgan fingerprint density at radius 3 is 1.74 bits per heavy atom. The average molecular weight is 621 g/mol. The van der Waals surface area contributed by atoms with Gasteiger partial charge in [0.25, 0.3) is 0 Å². The number of phosphoric ester groups is 1. The van der Waals surface area contributed by atoms with Crippen LogP contribution < -0.4 is 0 Å². The summed E-state index contributed by atoms with van der Waals surface area (Å²) >= 11 is 0. The van der Waals surface area contributed by atoms with Crippen LogP contribution in [0.25, 0.3) is 0 Å². The highest BCUT2D eigenvalue weighted by molar-refractivity contribution is 7.47. The van der Waals surface area contributed by atoms with Gasteiger partial charge >= 0.3 is 13.8 Å². The van der Waals surface area contributed by atoms with E-state index in [2.05, 4.69) is 47.9 Å². The van der Waals surface area contributed by atoms with Gasteiger partial charge in [-0.1, -0.05) is 68.4 Å². The minimum Gasteiger partial charge on any atom is -0.457 e. The van der Waals surface area contributed by atoms with Crippen LogP contribution in [0.15, 0.2) is 48.6 Å². The summed E-state index contributed by atoms with van der Waals surface area (Å²) < 4.78 is 26.7. The van der Waals surface area contributed by atoms with Crippen LogP contribution in [0.5, 0.6) is 0 Å². The van der Waals surface area contributed by atoms with Crippen LogP contribution in [-0.4, -0.2) is 97.4 Å². The smallest absolute Gasteiger partial charge is 0.457 e.